The highest BCUT2D eigenvalue weighted by Gasteiger charge is 2.06. The molecule has 2 aliphatic rings. The van der Waals surface area contributed by atoms with Crippen LogP contribution >= 0.6 is 0 Å². The van der Waals surface area contributed by atoms with E-state index in [1.807, 2.05) is 0 Å². The molecule has 8 aromatic rings. The Balaban J connectivity index is 0.868. The van der Waals surface area contributed by atoms with E-state index in [0.717, 1.165) is 47.9 Å². The van der Waals surface area contributed by atoms with Gasteiger partial charge >= 0.3 is 0 Å². The maximum atomic E-state index is 3.40. The van der Waals surface area contributed by atoms with E-state index in [9.17, 15) is 0 Å². The maximum absolute atomic E-state index is 3.40. The van der Waals surface area contributed by atoms with Crippen molar-refractivity contribution in [2.75, 3.05) is 0 Å². The molecule has 0 aliphatic heterocycles. The molecule has 252 valence electrons. The van der Waals surface area contributed by atoms with Gasteiger partial charge in [0.25, 0.3) is 0 Å². The molecule has 2 aliphatic carbocycles. The molecular weight excluding hydrogens is 649 g/mol. The Morgan fingerprint density at radius 1 is 0.370 bits per heavy atom. The molecule has 0 amide bonds. The molecular formula is C54H36. The second-order valence-corrected chi connectivity index (χ2v) is 14.6. The summed E-state index contributed by atoms with van der Waals surface area (Å²) in [6, 6.07) is 48.7. The van der Waals surface area contributed by atoms with Crippen molar-refractivity contribution in [3.8, 4) is 23.7 Å². The summed E-state index contributed by atoms with van der Waals surface area (Å²) in [6.07, 6.45) is 18.0. The van der Waals surface area contributed by atoms with Crippen molar-refractivity contribution in [2.24, 2.45) is 0 Å². The smallest absolute Gasteiger partial charge is 0.0255 e. The van der Waals surface area contributed by atoms with Crippen LogP contribution < -0.4 is 10.4 Å². The SMILES string of the molecule is C(#Cc1ccc2cc3cc(/C=C/c4ccc5cc6cc(C#Cc7ccc8c(c7)=CCCC=8)ccc6cc5c4)ccc3cc2c1)c1ccc2c(c1)C=CCC2. The molecule has 54 heavy (non-hydrogen) atoms. The molecule has 0 nitrogen and oxygen atoms in total. The van der Waals surface area contributed by atoms with Crippen molar-refractivity contribution in [3.05, 3.63) is 194 Å². The van der Waals surface area contributed by atoms with Gasteiger partial charge < -0.3 is 0 Å². The molecule has 10 rings (SSSR count). The summed E-state index contributed by atoms with van der Waals surface area (Å²) in [5.74, 6) is 13.6. The molecule has 0 N–H and O–H groups in total. The Hall–Kier alpha value is -6.86. The molecule has 0 atom stereocenters. The molecule has 0 heterocycles. The van der Waals surface area contributed by atoms with Gasteiger partial charge in [0, 0.05) is 22.3 Å². The first-order chi connectivity index (χ1) is 26.6. The van der Waals surface area contributed by atoms with E-state index >= 15 is 0 Å². The predicted molar refractivity (Wildman–Crippen MR) is 231 cm³/mol. The van der Waals surface area contributed by atoms with E-state index in [0.29, 0.717) is 0 Å². The number of rotatable bonds is 2. The highest BCUT2D eigenvalue weighted by Crippen LogP contribution is 2.28. The number of hydrogen-bond donors (Lipinski definition) is 0. The van der Waals surface area contributed by atoms with Gasteiger partial charge in [-0.2, -0.15) is 0 Å². The average molecular weight is 685 g/mol. The molecule has 0 spiro atoms. The Bertz CT molecular complexity index is 3160. The van der Waals surface area contributed by atoms with Crippen LogP contribution in [-0.4, -0.2) is 0 Å². The Morgan fingerprint density at radius 3 is 1.46 bits per heavy atom. The monoisotopic (exact) mass is 684 g/mol. The first kappa shape index (κ1) is 31.8. The molecule has 0 aromatic heterocycles. The predicted octanol–water partition coefficient (Wildman–Crippen LogP) is 11.6. The van der Waals surface area contributed by atoms with Gasteiger partial charge in [0.2, 0.25) is 0 Å². The van der Waals surface area contributed by atoms with Crippen LogP contribution in [0.1, 0.15) is 63.8 Å². The third-order valence-electron chi connectivity index (χ3n) is 10.8. The van der Waals surface area contributed by atoms with Gasteiger partial charge in [0.1, 0.15) is 0 Å². The van der Waals surface area contributed by atoms with Crippen molar-refractivity contribution < 1.29 is 0 Å². The van der Waals surface area contributed by atoms with Gasteiger partial charge in [-0.15, -0.1) is 0 Å². The molecule has 0 fully saturated rings. The number of hydrogen-bond acceptors (Lipinski definition) is 0. The summed E-state index contributed by atoms with van der Waals surface area (Å²) >= 11 is 0. The van der Waals surface area contributed by atoms with Crippen LogP contribution in [0.4, 0.5) is 0 Å². The van der Waals surface area contributed by atoms with E-state index in [-0.39, 0.29) is 0 Å². The quantitative estimate of drug-likeness (QED) is 0.0966. The molecule has 0 heteroatoms. The molecule has 0 saturated heterocycles. The van der Waals surface area contributed by atoms with E-state index < -0.39 is 0 Å². The Kier molecular flexibility index (Phi) is 8.02. The highest BCUT2D eigenvalue weighted by atomic mass is 14.1. The lowest BCUT2D eigenvalue weighted by Gasteiger charge is -2.09. The highest BCUT2D eigenvalue weighted by molar-refractivity contribution is 6.01. The largest absolute Gasteiger partial charge is 0.0836 e. The van der Waals surface area contributed by atoms with E-state index in [1.165, 1.54) is 75.8 Å². The Labute approximate surface area is 316 Å². The van der Waals surface area contributed by atoms with Gasteiger partial charge in [-0.25, -0.2) is 0 Å². The van der Waals surface area contributed by atoms with Crippen LogP contribution in [0.5, 0.6) is 0 Å². The number of allylic oxidation sites excluding steroid dienone is 1. The summed E-state index contributed by atoms with van der Waals surface area (Å²) in [5, 5.41) is 12.4. The zero-order chi connectivity index (χ0) is 35.8. The molecule has 0 radical (unpaired) electrons. The third kappa shape index (κ3) is 6.52. The van der Waals surface area contributed by atoms with Crippen LogP contribution in [0, 0.1) is 23.7 Å². The minimum Gasteiger partial charge on any atom is -0.0836 e. The molecule has 0 bridgehead atoms. The van der Waals surface area contributed by atoms with Gasteiger partial charge in [-0.05, 0) is 186 Å². The standard InChI is InChI=1S/C54H36/c1-3-7-45-27-37(15-21-43(45)5-1)9-11-39-17-23-47-35-53-31-41(19-25-49(53)33-51(47)29-39)13-14-42-20-26-50-34-52-30-40(18-24-48(52)36-54(50)32-42)12-10-38-16-22-44-6-2-4-8-46(44)28-38/h3,6-8,13-36H,1-2,4-5H2/b14-13+. The van der Waals surface area contributed by atoms with Gasteiger partial charge in [0.05, 0.1) is 0 Å². The fourth-order valence-corrected chi connectivity index (χ4v) is 7.87. The zero-order valence-corrected chi connectivity index (χ0v) is 30.0. The lowest BCUT2D eigenvalue weighted by Crippen LogP contribution is -2.26. The summed E-state index contributed by atoms with van der Waals surface area (Å²) in [5.41, 5.74) is 9.27. The zero-order valence-electron chi connectivity index (χ0n) is 30.0. The summed E-state index contributed by atoms with van der Waals surface area (Å²) in [7, 11) is 0. The second kappa shape index (κ2) is 13.6. The molecule has 0 unspecified atom stereocenters. The van der Waals surface area contributed by atoms with Crippen LogP contribution in [-0.2, 0) is 6.42 Å². The molecule has 0 saturated carbocycles. The molecule has 8 aromatic carbocycles. The number of aryl methyl sites for hydroxylation is 1. The number of benzene rings is 8. The van der Waals surface area contributed by atoms with Crippen molar-refractivity contribution in [1.29, 1.82) is 0 Å². The fourth-order valence-electron chi connectivity index (χ4n) is 7.87. The second-order valence-electron chi connectivity index (χ2n) is 14.6. The van der Waals surface area contributed by atoms with Crippen LogP contribution in [0.3, 0.4) is 0 Å². The lowest BCUT2D eigenvalue weighted by atomic mass is 9.95. The van der Waals surface area contributed by atoms with Gasteiger partial charge in [0.15, 0.2) is 0 Å². The lowest BCUT2D eigenvalue weighted by molar-refractivity contribution is 0.985. The minimum absolute atomic E-state index is 1.03. The van der Waals surface area contributed by atoms with Crippen LogP contribution in [0.25, 0.3) is 73.5 Å². The summed E-state index contributed by atoms with van der Waals surface area (Å²) in [6.45, 7) is 0. The van der Waals surface area contributed by atoms with E-state index in [2.05, 4.69) is 194 Å². The summed E-state index contributed by atoms with van der Waals surface area (Å²) in [4.78, 5) is 0. The third-order valence-corrected chi connectivity index (χ3v) is 10.8. The first-order valence-electron chi connectivity index (χ1n) is 18.9. The van der Waals surface area contributed by atoms with Crippen LogP contribution in [0.15, 0.2) is 140 Å². The summed E-state index contributed by atoms with van der Waals surface area (Å²) < 4.78 is 0. The van der Waals surface area contributed by atoms with Crippen molar-refractivity contribution in [3.63, 3.8) is 0 Å². The minimum atomic E-state index is 1.03. The van der Waals surface area contributed by atoms with Crippen LogP contribution in [0.2, 0.25) is 0 Å². The fraction of sp³-hybridized carbons (Fsp3) is 0.0741. The van der Waals surface area contributed by atoms with Crippen molar-refractivity contribution >= 4 is 73.5 Å². The van der Waals surface area contributed by atoms with E-state index in [1.54, 1.807) is 0 Å². The maximum Gasteiger partial charge on any atom is 0.0255 e. The number of fused-ring (bicyclic) bond motifs is 6. The topological polar surface area (TPSA) is 0 Å². The average Bonchev–Trinajstić information content (AvgIpc) is 3.22. The van der Waals surface area contributed by atoms with Gasteiger partial charge in [-0.3, -0.25) is 0 Å². The van der Waals surface area contributed by atoms with Crippen molar-refractivity contribution in [2.45, 2.75) is 25.7 Å². The van der Waals surface area contributed by atoms with E-state index in [4.69, 9.17) is 0 Å². The Morgan fingerprint density at radius 2 is 0.852 bits per heavy atom. The first-order valence-corrected chi connectivity index (χ1v) is 18.9. The van der Waals surface area contributed by atoms with Crippen molar-refractivity contribution in [1.82, 2.24) is 0 Å². The normalized spacial score (nSPS) is 13.1. The van der Waals surface area contributed by atoms with Gasteiger partial charge in [-0.1, -0.05) is 109 Å².